The van der Waals surface area contributed by atoms with Crippen LogP contribution in [0, 0.1) is 5.82 Å². The number of urea groups is 1. The zero-order chi connectivity index (χ0) is 18.6. The van der Waals surface area contributed by atoms with E-state index in [1.54, 1.807) is 46.1 Å². The number of halogens is 1. The summed E-state index contributed by atoms with van der Waals surface area (Å²) in [6.45, 7) is 3.61. The van der Waals surface area contributed by atoms with E-state index in [1.807, 2.05) is 0 Å². The van der Waals surface area contributed by atoms with E-state index >= 15 is 0 Å². The van der Waals surface area contributed by atoms with Gasteiger partial charge < -0.3 is 10.2 Å². The van der Waals surface area contributed by atoms with Crippen molar-refractivity contribution < 1.29 is 14.0 Å². The van der Waals surface area contributed by atoms with E-state index in [9.17, 15) is 14.0 Å². The quantitative estimate of drug-likeness (QED) is 0.895. The number of hydrogen-bond acceptors (Lipinski definition) is 3. The molecule has 0 atom stereocenters. The van der Waals surface area contributed by atoms with Crippen LogP contribution in [0.1, 0.15) is 29.8 Å². The molecular formula is C18H21FN4O2. The Morgan fingerprint density at radius 2 is 1.76 bits per heavy atom. The average molecular weight is 344 g/mol. The Bertz CT molecular complexity index is 773. The Morgan fingerprint density at radius 1 is 1.12 bits per heavy atom. The van der Waals surface area contributed by atoms with Crippen LogP contribution in [0.5, 0.6) is 0 Å². The first kappa shape index (κ1) is 18.4. The predicted molar refractivity (Wildman–Crippen MR) is 93.8 cm³/mol. The van der Waals surface area contributed by atoms with Crippen molar-refractivity contribution in [2.75, 3.05) is 19.4 Å². The van der Waals surface area contributed by atoms with Gasteiger partial charge in [-0.3, -0.25) is 10.1 Å². The smallest absolute Gasteiger partial charge is 0.321 e. The van der Waals surface area contributed by atoms with E-state index in [1.165, 1.54) is 29.3 Å². The first-order valence-electron chi connectivity index (χ1n) is 7.72. The molecule has 6 nitrogen and oxygen atoms in total. The van der Waals surface area contributed by atoms with E-state index < -0.39 is 11.6 Å². The molecule has 0 unspecified atom stereocenters. The van der Waals surface area contributed by atoms with Crippen molar-refractivity contribution in [3.05, 3.63) is 59.5 Å². The molecule has 0 aliphatic rings. The monoisotopic (exact) mass is 344 g/mol. The molecule has 132 valence electrons. The van der Waals surface area contributed by atoms with Gasteiger partial charge >= 0.3 is 6.03 Å². The highest BCUT2D eigenvalue weighted by Crippen LogP contribution is 2.20. The van der Waals surface area contributed by atoms with E-state index in [0.29, 0.717) is 5.56 Å². The molecule has 3 amide bonds. The van der Waals surface area contributed by atoms with E-state index in [4.69, 9.17) is 0 Å². The third kappa shape index (κ3) is 4.76. The van der Waals surface area contributed by atoms with Crippen LogP contribution < -0.4 is 10.6 Å². The van der Waals surface area contributed by atoms with Gasteiger partial charge in [0, 0.05) is 25.9 Å². The van der Waals surface area contributed by atoms with Gasteiger partial charge in [-0.15, -0.1) is 0 Å². The number of amides is 3. The van der Waals surface area contributed by atoms with Crippen molar-refractivity contribution in [2.45, 2.75) is 19.4 Å². The van der Waals surface area contributed by atoms with Crippen LogP contribution in [0.2, 0.25) is 0 Å². The Kier molecular flexibility index (Phi) is 5.36. The lowest BCUT2D eigenvalue weighted by Crippen LogP contribution is -2.43. The van der Waals surface area contributed by atoms with Crippen molar-refractivity contribution in [3.8, 4) is 0 Å². The topological polar surface area (TPSA) is 74.3 Å². The third-order valence-corrected chi connectivity index (χ3v) is 3.65. The largest absolute Gasteiger partial charge is 0.345 e. The van der Waals surface area contributed by atoms with Gasteiger partial charge in [0.1, 0.15) is 11.6 Å². The van der Waals surface area contributed by atoms with Gasteiger partial charge in [0.25, 0.3) is 5.91 Å². The molecule has 1 aromatic heterocycles. The Morgan fingerprint density at radius 3 is 2.36 bits per heavy atom. The summed E-state index contributed by atoms with van der Waals surface area (Å²) in [5.74, 6) is -0.256. The number of aromatic nitrogens is 1. The maximum Gasteiger partial charge on any atom is 0.321 e. The lowest BCUT2D eigenvalue weighted by atomic mass is 9.94. The Balaban J connectivity index is 2.08. The molecule has 0 spiro atoms. The van der Waals surface area contributed by atoms with Gasteiger partial charge in [-0.2, -0.15) is 0 Å². The van der Waals surface area contributed by atoms with Gasteiger partial charge in [-0.05, 0) is 43.7 Å². The van der Waals surface area contributed by atoms with Gasteiger partial charge in [-0.25, -0.2) is 14.2 Å². The van der Waals surface area contributed by atoms with Crippen molar-refractivity contribution >= 4 is 17.8 Å². The fourth-order valence-corrected chi connectivity index (χ4v) is 2.26. The zero-order valence-electron chi connectivity index (χ0n) is 14.6. The predicted octanol–water partition coefficient (Wildman–Crippen LogP) is 2.98. The third-order valence-electron chi connectivity index (χ3n) is 3.65. The molecule has 25 heavy (non-hydrogen) atoms. The molecule has 0 radical (unpaired) electrons. The Hall–Kier alpha value is -2.96. The van der Waals surface area contributed by atoms with E-state index in [2.05, 4.69) is 15.6 Å². The van der Waals surface area contributed by atoms with E-state index in [-0.39, 0.29) is 17.5 Å². The summed E-state index contributed by atoms with van der Waals surface area (Å²) in [6, 6.07) is 8.52. The summed E-state index contributed by atoms with van der Waals surface area (Å²) < 4.78 is 13.0. The van der Waals surface area contributed by atoms with Gasteiger partial charge in [-0.1, -0.05) is 12.1 Å². The number of nitrogens with zero attached hydrogens (tertiary/aromatic N) is 2. The molecular weight excluding hydrogens is 323 g/mol. The second-order valence-electron chi connectivity index (χ2n) is 6.34. The highest BCUT2D eigenvalue weighted by molar-refractivity contribution is 5.96. The minimum absolute atomic E-state index is 0.183. The van der Waals surface area contributed by atoms with Crippen LogP contribution in [0.15, 0.2) is 42.6 Å². The summed E-state index contributed by atoms with van der Waals surface area (Å²) in [5, 5.41) is 5.41. The first-order valence-corrected chi connectivity index (χ1v) is 7.72. The highest BCUT2D eigenvalue weighted by Gasteiger charge is 2.23. The fraction of sp³-hybridized carbons (Fsp3) is 0.278. The molecule has 0 bridgehead atoms. The number of pyridine rings is 1. The number of carbonyl (C=O) groups is 2. The van der Waals surface area contributed by atoms with Gasteiger partial charge in [0.2, 0.25) is 0 Å². The maximum atomic E-state index is 13.0. The zero-order valence-corrected chi connectivity index (χ0v) is 14.6. The number of benzene rings is 1. The first-order chi connectivity index (χ1) is 11.7. The Labute approximate surface area is 146 Å². The number of anilines is 1. The average Bonchev–Trinajstić information content (AvgIpc) is 2.54. The number of rotatable bonds is 4. The number of nitrogens with one attached hydrogen (secondary N) is 2. The standard InChI is InChI=1S/C18H21FN4O2/c1-18(2,13-5-7-14(19)8-6-13)22-17(25)21-15-11-12(9-10-20-15)16(24)23(3)4/h5-11H,1-4H3,(H2,20,21,22,25). The fourth-order valence-electron chi connectivity index (χ4n) is 2.26. The molecule has 0 fully saturated rings. The van der Waals surface area contributed by atoms with Crippen LogP contribution >= 0.6 is 0 Å². The van der Waals surface area contributed by atoms with Gasteiger partial charge in [0.15, 0.2) is 0 Å². The minimum atomic E-state index is -0.713. The molecule has 0 saturated heterocycles. The van der Waals surface area contributed by atoms with Crippen LogP contribution in [0.25, 0.3) is 0 Å². The molecule has 2 rings (SSSR count). The second kappa shape index (κ2) is 7.29. The van der Waals surface area contributed by atoms with Crippen LogP contribution in [-0.2, 0) is 5.54 Å². The summed E-state index contributed by atoms with van der Waals surface area (Å²) >= 11 is 0. The van der Waals surface area contributed by atoms with Crippen molar-refractivity contribution in [2.24, 2.45) is 0 Å². The molecule has 1 aromatic carbocycles. The van der Waals surface area contributed by atoms with Crippen LogP contribution in [0.3, 0.4) is 0 Å². The lowest BCUT2D eigenvalue weighted by molar-refractivity contribution is 0.0827. The summed E-state index contributed by atoms with van der Waals surface area (Å²) in [6.07, 6.45) is 1.46. The summed E-state index contributed by atoms with van der Waals surface area (Å²) in [4.78, 5) is 29.7. The molecule has 1 heterocycles. The van der Waals surface area contributed by atoms with Crippen molar-refractivity contribution in [1.82, 2.24) is 15.2 Å². The molecule has 0 aliphatic heterocycles. The normalized spacial score (nSPS) is 10.9. The van der Waals surface area contributed by atoms with Crippen molar-refractivity contribution in [3.63, 3.8) is 0 Å². The summed E-state index contributed by atoms with van der Waals surface area (Å²) in [5.41, 5.74) is 0.469. The second-order valence-corrected chi connectivity index (χ2v) is 6.34. The molecule has 7 heteroatoms. The van der Waals surface area contributed by atoms with E-state index in [0.717, 1.165) is 5.56 Å². The molecule has 0 saturated carbocycles. The molecule has 2 aromatic rings. The number of hydrogen-bond donors (Lipinski definition) is 2. The molecule has 2 N–H and O–H groups in total. The minimum Gasteiger partial charge on any atom is -0.345 e. The number of carbonyl (C=O) groups excluding carboxylic acids is 2. The molecule has 0 aliphatic carbocycles. The van der Waals surface area contributed by atoms with Crippen molar-refractivity contribution in [1.29, 1.82) is 0 Å². The van der Waals surface area contributed by atoms with Crippen LogP contribution in [-0.4, -0.2) is 35.9 Å². The SMILES string of the molecule is CN(C)C(=O)c1ccnc(NC(=O)NC(C)(C)c2ccc(F)cc2)c1. The van der Waals surface area contributed by atoms with Crippen LogP contribution in [0.4, 0.5) is 15.0 Å². The maximum absolute atomic E-state index is 13.0. The highest BCUT2D eigenvalue weighted by atomic mass is 19.1. The summed E-state index contributed by atoms with van der Waals surface area (Å²) in [7, 11) is 3.29. The van der Waals surface area contributed by atoms with Gasteiger partial charge in [0.05, 0.1) is 5.54 Å². The lowest BCUT2D eigenvalue weighted by Gasteiger charge is -2.27.